The van der Waals surface area contributed by atoms with Gasteiger partial charge in [0.05, 0.1) is 13.2 Å². The first-order valence-electron chi connectivity index (χ1n) is 9.63. The average Bonchev–Trinajstić information content (AvgIpc) is 3.10. The summed E-state index contributed by atoms with van der Waals surface area (Å²) in [5.74, 6) is -0.122. The first-order valence-corrected chi connectivity index (χ1v) is 10.0. The Morgan fingerprint density at radius 1 is 1.14 bits per heavy atom. The van der Waals surface area contributed by atoms with Crippen molar-refractivity contribution >= 4 is 29.2 Å². The highest BCUT2D eigenvalue weighted by Crippen LogP contribution is 2.14. The second kappa shape index (κ2) is 11.5. The third-order valence-corrected chi connectivity index (χ3v) is 4.78. The summed E-state index contributed by atoms with van der Waals surface area (Å²) in [4.78, 5) is 29.0. The monoisotopic (exact) mass is 420 g/mol. The standard InChI is InChI=1S/C21H29ClN4O3/c1-4-11-26(21(28)23-18-9-7-17(22)8-10-18)16-20(27)25(13-14-29-3)15-19-6-5-12-24(19)2/h5-10,12H,4,11,13-16H2,1-3H3,(H,23,28). The SMILES string of the molecule is CCCN(CC(=O)N(CCOC)Cc1cccn1C)C(=O)Nc1ccc(Cl)cc1. The molecule has 0 saturated carbocycles. The fraction of sp³-hybridized carbons (Fsp3) is 0.429. The summed E-state index contributed by atoms with van der Waals surface area (Å²) in [6.45, 7) is 3.80. The van der Waals surface area contributed by atoms with Crippen LogP contribution in [-0.4, -0.2) is 59.7 Å². The predicted molar refractivity (Wildman–Crippen MR) is 115 cm³/mol. The second-order valence-electron chi connectivity index (χ2n) is 6.78. The van der Waals surface area contributed by atoms with Crippen LogP contribution in [0.15, 0.2) is 42.6 Å². The number of urea groups is 1. The molecule has 1 N–H and O–H groups in total. The summed E-state index contributed by atoms with van der Waals surface area (Å²) in [5, 5.41) is 3.42. The molecular weight excluding hydrogens is 392 g/mol. The van der Waals surface area contributed by atoms with Crippen molar-refractivity contribution in [2.45, 2.75) is 19.9 Å². The number of rotatable bonds is 10. The summed E-state index contributed by atoms with van der Waals surface area (Å²) >= 11 is 5.89. The van der Waals surface area contributed by atoms with Crippen LogP contribution in [0, 0.1) is 0 Å². The van der Waals surface area contributed by atoms with Gasteiger partial charge in [0.2, 0.25) is 5.91 Å². The molecule has 0 bridgehead atoms. The quantitative estimate of drug-likeness (QED) is 0.638. The third-order valence-electron chi connectivity index (χ3n) is 4.52. The summed E-state index contributed by atoms with van der Waals surface area (Å²) in [5.41, 5.74) is 1.65. The maximum Gasteiger partial charge on any atom is 0.322 e. The Labute approximate surface area is 177 Å². The molecule has 0 fully saturated rings. The zero-order chi connectivity index (χ0) is 21.2. The lowest BCUT2D eigenvalue weighted by Gasteiger charge is -2.27. The number of carbonyl (C=O) groups is 2. The topological polar surface area (TPSA) is 66.8 Å². The van der Waals surface area contributed by atoms with Crippen LogP contribution in [0.3, 0.4) is 0 Å². The van der Waals surface area contributed by atoms with Gasteiger partial charge < -0.3 is 24.4 Å². The van der Waals surface area contributed by atoms with Gasteiger partial charge >= 0.3 is 6.03 Å². The molecule has 0 radical (unpaired) electrons. The van der Waals surface area contributed by atoms with E-state index in [1.165, 1.54) is 4.90 Å². The minimum absolute atomic E-state index is 0.00139. The normalized spacial score (nSPS) is 10.6. The van der Waals surface area contributed by atoms with Gasteiger partial charge in [-0.2, -0.15) is 0 Å². The van der Waals surface area contributed by atoms with Gasteiger partial charge in [0.15, 0.2) is 0 Å². The van der Waals surface area contributed by atoms with Gasteiger partial charge in [0, 0.05) is 49.8 Å². The van der Waals surface area contributed by atoms with E-state index in [0.29, 0.717) is 37.0 Å². The number of amides is 3. The number of methoxy groups -OCH3 is 1. The molecule has 158 valence electrons. The lowest BCUT2D eigenvalue weighted by molar-refractivity contribution is -0.133. The Morgan fingerprint density at radius 3 is 2.45 bits per heavy atom. The van der Waals surface area contributed by atoms with Crippen LogP contribution in [0.1, 0.15) is 19.0 Å². The van der Waals surface area contributed by atoms with Crippen LogP contribution in [0.4, 0.5) is 10.5 Å². The molecule has 3 amide bonds. The number of ether oxygens (including phenoxy) is 1. The van der Waals surface area contributed by atoms with E-state index in [0.717, 1.165) is 12.1 Å². The second-order valence-corrected chi connectivity index (χ2v) is 7.21. The highest BCUT2D eigenvalue weighted by Gasteiger charge is 2.21. The number of hydrogen-bond acceptors (Lipinski definition) is 3. The van der Waals surface area contributed by atoms with Crippen LogP contribution in [-0.2, 0) is 23.1 Å². The van der Waals surface area contributed by atoms with Gasteiger partial charge in [-0.05, 0) is 42.8 Å². The minimum atomic E-state index is -0.312. The van der Waals surface area contributed by atoms with Gasteiger partial charge in [-0.1, -0.05) is 18.5 Å². The summed E-state index contributed by atoms with van der Waals surface area (Å²) in [6.07, 6.45) is 2.69. The molecule has 0 aliphatic heterocycles. The summed E-state index contributed by atoms with van der Waals surface area (Å²) in [7, 11) is 3.55. The van der Waals surface area contributed by atoms with E-state index < -0.39 is 0 Å². The minimum Gasteiger partial charge on any atom is -0.383 e. The van der Waals surface area contributed by atoms with Crippen LogP contribution >= 0.6 is 11.6 Å². The molecule has 0 aliphatic rings. The highest BCUT2D eigenvalue weighted by molar-refractivity contribution is 6.30. The average molecular weight is 421 g/mol. The Hall–Kier alpha value is -2.51. The maximum atomic E-state index is 13.0. The molecule has 1 aromatic heterocycles. The van der Waals surface area contributed by atoms with Crippen molar-refractivity contribution in [3.05, 3.63) is 53.3 Å². The molecule has 0 unspecified atom stereocenters. The summed E-state index contributed by atoms with van der Waals surface area (Å²) < 4.78 is 7.13. The number of benzene rings is 1. The molecule has 0 saturated heterocycles. The largest absolute Gasteiger partial charge is 0.383 e. The number of aromatic nitrogens is 1. The van der Waals surface area contributed by atoms with E-state index in [-0.39, 0.29) is 18.5 Å². The highest BCUT2D eigenvalue weighted by atomic mass is 35.5. The van der Waals surface area contributed by atoms with Crippen molar-refractivity contribution in [3.8, 4) is 0 Å². The van der Waals surface area contributed by atoms with Gasteiger partial charge in [-0.25, -0.2) is 4.79 Å². The van der Waals surface area contributed by atoms with Crippen LogP contribution in [0.5, 0.6) is 0 Å². The fourth-order valence-corrected chi connectivity index (χ4v) is 3.00. The van der Waals surface area contributed by atoms with Crippen molar-refractivity contribution in [1.29, 1.82) is 0 Å². The van der Waals surface area contributed by atoms with Gasteiger partial charge in [-0.15, -0.1) is 0 Å². The number of hydrogen-bond donors (Lipinski definition) is 1. The number of carbonyl (C=O) groups excluding carboxylic acids is 2. The molecule has 1 aromatic carbocycles. The zero-order valence-electron chi connectivity index (χ0n) is 17.2. The van der Waals surface area contributed by atoms with Gasteiger partial charge in [0.25, 0.3) is 0 Å². The van der Waals surface area contributed by atoms with Crippen molar-refractivity contribution in [2.24, 2.45) is 7.05 Å². The Kier molecular flexibility index (Phi) is 9.02. The van der Waals surface area contributed by atoms with E-state index >= 15 is 0 Å². The predicted octanol–water partition coefficient (Wildman–Crippen LogP) is 3.60. The fourth-order valence-electron chi connectivity index (χ4n) is 2.87. The zero-order valence-corrected chi connectivity index (χ0v) is 18.0. The van der Waals surface area contributed by atoms with E-state index in [1.807, 2.05) is 36.9 Å². The number of aryl methyl sites for hydroxylation is 1. The number of nitrogens with one attached hydrogen (secondary N) is 1. The molecule has 2 rings (SSSR count). The lowest BCUT2D eigenvalue weighted by atomic mass is 10.3. The first-order chi connectivity index (χ1) is 13.9. The van der Waals surface area contributed by atoms with Gasteiger partial charge in [0.1, 0.15) is 6.54 Å². The van der Waals surface area contributed by atoms with E-state index in [4.69, 9.17) is 16.3 Å². The Balaban J connectivity index is 2.06. The molecule has 0 aliphatic carbocycles. The lowest BCUT2D eigenvalue weighted by Crippen LogP contribution is -2.45. The number of nitrogens with zero attached hydrogens (tertiary/aromatic N) is 3. The van der Waals surface area contributed by atoms with E-state index in [1.54, 1.807) is 36.3 Å². The molecule has 0 spiro atoms. The molecule has 7 nitrogen and oxygen atoms in total. The number of anilines is 1. The van der Waals surface area contributed by atoms with E-state index in [9.17, 15) is 9.59 Å². The molecule has 0 atom stereocenters. The van der Waals surface area contributed by atoms with Gasteiger partial charge in [-0.3, -0.25) is 4.79 Å². The first kappa shape index (κ1) is 22.8. The molecule has 8 heteroatoms. The van der Waals surface area contributed by atoms with Crippen LogP contribution in [0.25, 0.3) is 0 Å². The number of halogens is 1. The van der Waals surface area contributed by atoms with Crippen molar-refractivity contribution in [3.63, 3.8) is 0 Å². The molecule has 29 heavy (non-hydrogen) atoms. The van der Waals surface area contributed by atoms with Crippen molar-refractivity contribution in [1.82, 2.24) is 14.4 Å². The molecule has 2 aromatic rings. The molecule has 1 heterocycles. The summed E-state index contributed by atoms with van der Waals surface area (Å²) in [6, 6.07) is 10.5. The van der Waals surface area contributed by atoms with Crippen molar-refractivity contribution < 1.29 is 14.3 Å². The maximum absolute atomic E-state index is 13.0. The van der Waals surface area contributed by atoms with Crippen LogP contribution < -0.4 is 5.32 Å². The third kappa shape index (κ3) is 7.11. The van der Waals surface area contributed by atoms with E-state index in [2.05, 4.69) is 5.32 Å². The Morgan fingerprint density at radius 2 is 1.86 bits per heavy atom. The smallest absolute Gasteiger partial charge is 0.322 e. The Bertz CT molecular complexity index is 791. The van der Waals surface area contributed by atoms with Crippen molar-refractivity contribution in [2.75, 3.05) is 38.7 Å². The molecular formula is C21H29ClN4O3. The van der Waals surface area contributed by atoms with Crippen LogP contribution in [0.2, 0.25) is 5.02 Å².